The zero-order valence-corrected chi connectivity index (χ0v) is 13.1. The molecule has 2 heterocycles. The number of ether oxygens (including phenoxy) is 2. The van der Waals surface area contributed by atoms with Crippen LogP contribution in [-0.4, -0.2) is 46.0 Å². The maximum absolute atomic E-state index is 12.1. The molecule has 0 unspecified atom stereocenters. The Kier molecular flexibility index (Phi) is 4.65. The van der Waals surface area contributed by atoms with Crippen LogP contribution in [0.2, 0.25) is 0 Å². The van der Waals surface area contributed by atoms with Gasteiger partial charge in [0.1, 0.15) is 12.2 Å². The summed E-state index contributed by atoms with van der Waals surface area (Å²) in [4.78, 5) is 13.9. The van der Waals surface area contributed by atoms with Gasteiger partial charge in [-0.05, 0) is 46.6 Å². The number of hydrogen-bond donors (Lipinski definition) is 0. The van der Waals surface area contributed by atoms with E-state index in [-0.39, 0.29) is 12.1 Å². The molecule has 1 atom stereocenters. The third kappa shape index (κ3) is 4.58. The minimum Gasteiger partial charge on any atom is -0.474 e. The lowest BCUT2D eigenvalue weighted by Gasteiger charge is -2.28. The standard InChI is InChI=1S/C15H23N3O3/c1-11-7-8-13(17-16-11)20-10-12-6-5-9-18(12)14(19)21-15(2,3)4/h7-8,12H,5-6,9-10H2,1-4H3/t12-/m0/s1. The largest absolute Gasteiger partial charge is 0.474 e. The molecule has 0 aromatic carbocycles. The molecule has 0 radical (unpaired) electrons. The van der Waals surface area contributed by atoms with Gasteiger partial charge in [0.2, 0.25) is 5.88 Å². The highest BCUT2D eigenvalue weighted by Crippen LogP contribution is 2.21. The zero-order chi connectivity index (χ0) is 15.5. The van der Waals surface area contributed by atoms with Gasteiger partial charge in [0, 0.05) is 12.6 Å². The Hall–Kier alpha value is -1.85. The number of nitrogens with zero attached hydrogens (tertiary/aromatic N) is 3. The lowest BCUT2D eigenvalue weighted by Crippen LogP contribution is -2.42. The number of hydrogen-bond acceptors (Lipinski definition) is 5. The smallest absolute Gasteiger partial charge is 0.410 e. The van der Waals surface area contributed by atoms with Crippen molar-refractivity contribution in [2.45, 2.75) is 52.2 Å². The first-order valence-electron chi connectivity index (χ1n) is 7.28. The maximum atomic E-state index is 12.1. The summed E-state index contributed by atoms with van der Waals surface area (Å²) in [6.45, 7) is 8.61. The summed E-state index contributed by atoms with van der Waals surface area (Å²) in [6, 6.07) is 3.67. The molecule has 1 amide bonds. The van der Waals surface area contributed by atoms with Gasteiger partial charge < -0.3 is 14.4 Å². The highest BCUT2D eigenvalue weighted by Gasteiger charge is 2.32. The van der Waals surface area contributed by atoms with Crippen molar-refractivity contribution in [1.82, 2.24) is 15.1 Å². The van der Waals surface area contributed by atoms with Crippen molar-refractivity contribution in [2.75, 3.05) is 13.2 Å². The number of carbonyl (C=O) groups is 1. The number of rotatable bonds is 3. The van der Waals surface area contributed by atoms with Gasteiger partial charge in [-0.15, -0.1) is 5.10 Å². The molecule has 0 bridgehead atoms. The Balaban J connectivity index is 1.90. The molecule has 1 aliphatic rings. The van der Waals surface area contributed by atoms with E-state index in [1.807, 2.05) is 33.8 Å². The normalized spacial score (nSPS) is 18.7. The van der Waals surface area contributed by atoms with E-state index in [1.165, 1.54) is 0 Å². The second-order valence-electron chi connectivity index (χ2n) is 6.29. The van der Waals surface area contributed by atoms with Gasteiger partial charge in [0.15, 0.2) is 0 Å². The van der Waals surface area contributed by atoms with Crippen molar-refractivity contribution in [3.63, 3.8) is 0 Å². The van der Waals surface area contributed by atoms with E-state index in [0.29, 0.717) is 19.0 Å². The fourth-order valence-electron chi connectivity index (χ4n) is 2.22. The van der Waals surface area contributed by atoms with Crippen LogP contribution in [0.1, 0.15) is 39.3 Å². The number of likely N-dealkylation sites (tertiary alicyclic amines) is 1. The molecule has 116 valence electrons. The molecule has 1 aromatic heterocycles. The molecular formula is C15H23N3O3. The van der Waals surface area contributed by atoms with E-state index in [1.54, 1.807) is 11.0 Å². The Bertz CT molecular complexity index is 482. The summed E-state index contributed by atoms with van der Waals surface area (Å²) in [5, 5.41) is 7.91. The van der Waals surface area contributed by atoms with Crippen molar-refractivity contribution in [3.05, 3.63) is 17.8 Å². The predicted octanol–water partition coefficient (Wildman–Crippen LogP) is 2.56. The lowest BCUT2D eigenvalue weighted by atomic mass is 10.2. The third-order valence-corrected chi connectivity index (χ3v) is 3.20. The zero-order valence-electron chi connectivity index (χ0n) is 13.1. The van der Waals surface area contributed by atoms with Crippen molar-refractivity contribution >= 4 is 6.09 Å². The van der Waals surface area contributed by atoms with Crippen LogP contribution in [0.3, 0.4) is 0 Å². The summed E-state index contributed by atoms with van der Waals surface area (Å²) >= 11 is 0. The first kappa shape index (κ1) is 15.5. The molecule has 0 saturated carbocycles. The molecule has 1 aromatic rings. The molecule has 1 aliphatic heterocycles. The van der Waals surface area contributed by atoms with E-state index < -0.39 is 5.60 Å². The number of carbonyl (C=O) groups excluding carboxylic acids is 1. The van der Waals surface area contributed by atoms with Gasteiger partial charge in [-0.25, -0.2) is 4.79 Å². The molecule has 0 N–H and O–H groups in total. The van der Waals surface area contributed by atoms with Crippen LogP contribution in [0.15, 0.2) is 12.1 Å². The van der Waals surface area contributed by atoms with E-state index in [0.717, 1.165) is 18.5 Å². The van der Waals surface area contributed by atoms with Crippen LogP contribution in [0.4, 0.5) is 4.79 Å². The Morgan fingerprint density at radius 1 is 1.38 bits per heavy atom. The molecule has 6 heteroatoms. The monoisotopic (exact) mass is 293 g/mol. The fourth-order valence-corrected chi connectivity index (χ4v) is 2.22. The fraction of sp³-hybridized carbons (Fsp3) is 0.667. The number of amides is 1. The quantitative estimate of drug-likeness (QED) is 0.857. The Morgan fingerprint density at radius 3 is 2.76 bits per heavy atom. The van der Waals surface area contributed by atoms with Crippen molar-refractivity contribution < 1.29 is 14.3 Å². The van der Waals surface area contributed by atoms with Crippen LogP contribution in [0, 0.1) is 6.92 Å². The van der Waals surface area contributed by atoms with Gasteiger partial charge in [0.05, 0.1) is 11.7 Å². The van der Waals surface area contributed by atoms with Crippen molar-refractivity contribution in [2.24, 2.45) is 0 Å². The van der Waals surface area contributed by atoms with E-state index >= 15 is 0 Å². The van der Waals surface area contributed by atoms with E-state index in [9.17, 15) is 4.79 Å². The summed E-state index contributed by atoms with van der Waals surface area (Å²) in [7, 11) is 0. The van der Waals surface area contributed by atoms with Crippen LogP contribution >= 0.6 is 0 Å². The second kappa shape index (κ2) is 6.28. The summed E-state index contributed by atoms with van der Waals surface area (Å²) in [5.74, 6) is 0.483. The lowest BCUT2D eigenvalue weighted by molar-refractivity contribution is 0.0185. The van der Waals surface area contributed by atoms with Crippen molar-refractivity contribution in [3.8, 4) is 5.88 Å². The summed E-state index contributed by atoms with van der Waals surface area (Å²) in [6.07, 6.45) is 1.61. The summed E-state index contributed by atoms with van der Waals surface area (Å²) in [5.41, 5.74) is 0.367. The highest BCUT2D eigenvalue weighted by molar-refractivity contribution is 5.69. The molecular weight excluding hydrogens is 270 g/mol. The van der Waals surface area contributed by atoms with Gasteiger partial charge in [0.25, 0.3) is 0 Å². The van der Waals surface area contributed by atoms with Gasteiger partial charge in [-0.3, -0.25) is 0 Å². The van der Waals surface area contributed by atoms with Crippen molar-refractivity contribution in [1.29, 1.82) is 0 Å². The van der Waals surface area contributed by atoms with Crippen LogP contribution in [0.5, 0.6) is 5.88 Å². The predicted molar refractivity (Wildman–Crippen MR) is 78.2 cm³/mol. The van der Waals surface area contributed by atoms with Gasteiger partial charge in [-0.1, -0.05) is 0 Å². The van der Waals surface area contributed by atoms with Crippen LogP contribution < -0.4 is 4.74 Å². The molecule has 6 nitrogen and oxygen atoms in total. The first-order chi connectivity index (χ1) is 9.85. The van der Waals surface area contributed by atoms with Gasteiger partial charge >= 0.3 is 6.09 Å². The molecule has 21 heavy (non-hydrogen) atoms. The second-order valence-corrected chi connectivity index (χ2v) is 6.29. The topological polar surface area (TPSA) is 64.5 Å². The minimum absolute atomic E-state index is 0.0305. The average Bonchev–Trinajstić information content (AvgIpc) is 2.84. The molecule has 2 rings (SSSR count). The first-order valence-corrected chi connectivity index (χ1v) is 7.28. The number of aryl methyl sites for hydroxylation is 1. The Morgan fingerprint density at radius 2 is 2.14 bits per heavy atom. The van der Waals surface area contributed by atoms with Crippen LogP contribution in [-0.2, 0) is 4.74 Å². The SMILES string of the molecule is Cc1ccc(OC[C@@H]2CCCN2C(=O)OC(C)(C)C)nn1. The van der Waals surface area contributed by atoms with E-state index in [2.05, 4.69) is 10.2 Å². The molecule has 1 fully saturated rings. The molecule has 0 spiro atoms. The van der Waals surface area contributed by atoms with Crippen LogP contribution in [0.25, 0.3) is 0 Å². The average molecular weight is 293 g/mol. The van der Waals surface area contributed by atoms with E-state index in [4.69, 9.17) is 9.47 Å². The Labute approximate surface area is 125 Å². The minimum atomic E-state index is -0.479. The molecule has 1 saturated heterocycles. The van der Waals surface area contributed by atoms with Gasteiger partial charge in [-0.2, -0.15) is 5.10 Å². The maximum Gasteiger partial charge on any atom is 0.410 e. The highest BCUT2D eigenvalue weighted by atomic mass is 16.6. The number of aromatic nitrogens is 2. The summed E-state index contributed by atoms with van der Waals surface area (Å²) < 4.78 is 11.1. The molecule has 0 aliphatic carbocycles. The third-order valence-electron chi connectivity index (χ3n) is 3.20.